The van der Waals surface area contributed by atoms with Gasteiger partial charge in [0.05, 0.1) is 12.6 Å². The van der Waals surface area contributed by atoms with E-state index in [1.165, 1.54) is 12.1 Å². The van der Waals surface area contributed by atoms with Gasteiger partial charge >= 0.3 is 0 Å². The first-order valence-corrected chi connectivity index (χ1v) is 10.7. The van der Waals surface area contributed by atoms with Crippen molar-refractivity contribution in [1.29, 1.82) is 0 Å². The Labute approximate surface area is 174 Å². The number of nitrogens with zero attached hydrogens (tertiary/aromatic N) is 2. The number of likely N-dealkylation sites (N-methyl/N-ethyl adjacent to an activating group) is 1. The molecule has 0 bridgehead atoms. The monoisotopic (exact) mass is 408 g/mol. The molecule has 2 N–H and O–H groups in total. The van der Waals surface area contributed by atoms with E-state index in [4.69, 9.17) is 14.5 Å². The third-order valence-corrected chi connectivity index (χ3v) is 5.10. The van der Waals surface area contributed by atoms with Crippen molar-refractivity contribution in [1.82, 2.24) is 15.5 Å². The van der Waals surface area contributed by atoms with Crippen LogP contribution in [0.1, 0.15) is 37.8 Å². The Hall–Kier alpha value is -1.70. The second-order valence-corrected chi connectivity index (χ2v) is 7.66. The standard InChI is InChI=1S/C22H37FN4O2/c1-4-24-22(25-12-5-13-29-17-18-10-14-28-15-11-18)26-16-21(27(2)3)19-6-8-20(23)9-7-19/h6-9,18,21H,4-5,10-17H2,1-3H3,(H2,24,25,26). The Morgan fingerprint density at radius 3 is 2.62 bits per heavy atom. The van der Waals surface area contributed by atoms with E-state index >= 15 is 0 Å². The number of rotatable bonds is 11. The van der Waals surface area contributed by atoms with E-state index in [-0.39, 0.29) is 11.9 Å². The highest BCUT2D eigenvalue weighted by Crippen LogP contribution is 2.19. The maximum absolute atomic E-state index is 13.2. The molecule has 29 heavy (non-hydrogen) atoms. The zero-order valence-corrected chi connectivity index (χ0v) is 18.1. The smallest absolute Gasteiger partial charge is 0.191 e. The van der Waals surface area contributed by atoms with Gasteiger partial charge in [-0.3, -0.25) is 4.99 Å². The fourth-order valence-corrected chi connectivity index (χ4v) is 3.32. The number of ether oxygens (including phenoxy) is 2. The van der Waals surface area contributed by atoms with Gasteiger partial charge in [-0.1, -0.05) is 12.1 Å². The minimum Gasteiger partial charge on any atom is -0.381 e. The predicted octanol–water partition coefficient (Wildman–Crippen LogP) is 2.82. The predicted molar refractivity (Wildman–Crippen MR) is 116 cm³/mol. The Kier molecular flexibility index (Phi) is 11.0. The lowest BCUT2D eigenvalue weighted by molar-refractivity contribution is 0.0203. The molecule has 1 unspecified atom stereocenters. The molecule has 1 heterocycles. The highest BCUT2D eigenvalue weighted by molar-refractivity contribution is 5.79. The lowest BCUT2D eigenvalue weighted by atomic mass is 10.0. The third-order valence-electron chi connectivity index (χ3n) is 5.10. The summed E-state index contributed by atoms with van der Waals surface area (Å²) in [6.45, 7) is 7.57. The maximum atomic E-state index is 13.2. The van der Waals surface area contributed by atoms with Crippen LogP contribution < -0.4 is 10.6 Å². The van der Waals surface area contributed by atoms with E-state index in [0.29, 0.717) is 12.5 Å². The van der Waals surface area contributed by atoms with Crippen LogP contribution in [0.4, 0.5) is 4.39 Å². The van der Waals surface area contributed by atoms with E-state index in [0.717, 1.165) is 70.3 Å². The van der Waals surface area contributed by atoms with Crippen molar-refractivity contribution in [3.05, 3.63) is 35.6 Å². The summed E-state index contributed by atoms with van der Waals surface area (Å²) in [5.41, 5.74) is 1.05. The number of hydrogen-bond donors (Lipinski definition) is 2. The van der Waals surface area contributed by atoms with Crippen LogP contribution in [-0.2, 0) is 9.47 Å². The molecular formula is C22H37FN4O2. The minimum atomic E-state index is -0.219. The molecule has 1 aromatic rings. The summed E-state index contributed by atoms with van der Waals surface area (Å²) in [5.74, 6) is 1.22. The van der Waals surface area contributed by atoms with Crippen molar-refractivity contribution in [3.63, 3.8) is 0 Å². The van der Waals surface area contributed by atoms with Crippen LogP contribution in [0.2, 0.25) is 0 Å². The Balaban J connectivity index is 1.74. The van der Waals surface area contributed by atoms with E-state index in [1.54, 1.807) is 0 Å². The van der Waals surface area contributed by atoms with Crippen LogP contribution in [0, 0.1) is 11.7 Å². The number of nitrogens with one attached hydrogen (secondary N) is 2. The van der Waals surface area contributed by atoms with Crippen molar-refractivity contribution in [3.8, 4) is 0 Å². The summed E-state index contributed by atoms with van der Waals surface area (Å²) >= 11 is 0. The van der Waals surface area contributed by atoms with Gasteiger partial charge in [0.1, 0.15) is 5.82 Å². The summed E-state index contributed by atoms with van der Waals surface area (Å²) in [7, 11) is 4.03. The van der Waals surface area contributed by atoms with E-state index in [2.05, 4.69) is 22.5 Å². The number of benzene rings is 1. The Morgan fingerprint density at radius 1 is 1.24 bits per heavy atom. The SMILES string of the molecule is CCNC(=NCC(c1ccc(F)cc1)N(C)C)NCCCOCC1CCOCC1. The second-order valence-electron chi connectivity index (χ2n) is 7.66. The molecule has 0 aromatic heterocycles. The van der Waals surface area contributed by atoms with Gasteiger partial charge in [-0.05, 0) is 63.9 Å². The zero-order chi connectivity index (χ0) is 20.9. The molecule has 0 radical (unpaired) electrons. The van der Waals surface area contributed by atoms with E-state index in [1.807, 2.05) is 26.2 Å². The molecule has 6 nitrogen and oxygen atoms in total. The number of aliphatic imine (C=N–C) groups is 1. The molecule has 164 valence electrons. The van der Waals surface area contributed by atoms with Gasteiger partial charge < -0.3 is 25.0 Å². The highest BCUT2D eigenvalue weighted by atomic mass is 19.1. The van der Waals surface area contributed by atoms with Crippen molar-refractivity contribution in [2.24, 2.45) is 10.9 Å². The molecule has 1 aromatic carbocycles. The van der Waals surface area contributed by atoms with Gasteiger partial charge in [0.25, 0.3) is 0 Å². The van der Waals surface area contributed by atoms with E-state index in [9.17, 15) is 4.39 Å². The van der Waals surface area contributed by atoms with Crippen molar-refractivity contribution < 1.29 is 13.9 Å². The fraction of sp³-hybridized carbons (Fsp3) is 0.682. The summed E-state index contributed by atoms with van der Waals surface area (Å²) in [6, 6.07) is 6.74. The number of guanidine groups is 1. The first-order valence-electron chi connectivity index (χ1n) is 10.7. The number of halogens is 1. The summed E-state index contributed by atoms with van der Waals surface area (Å²) < 4.78 is 24.4. The summed E-state index contributed by atoms with van der Waals surface area (Å²) in [4.78, 5) is 6.83. The minimum absolute atomic E-state index is 0.0915. The molecule has 7 heteroatoms. The average Bonchev–Trinajstić information content (AvgIpc) is 2.72. The largest absolute Gasteiger partial charge is 0.381 e. The quantitative estimate of drug-likeness (QED) is 0.335. The van der Waals surface area contributed by atoms with Crippen molar-refractivity contribution in [2.75, 3.05) is 60.2 Å². The maximum Gasteiger partial charge on any atom is 0.191 e. The molecule has 1 aliphatic rings. The summed E-state index contributed by atoms with van der Waals surface area (Å²) in [5, 5.41) is 6.66. The van der Waals surface area contributed by atoms with E-state index < -0.39 is 0 Å². The van der Waals surface area contributed by atoms with Crippen LogP contribution in [0.5, 0.6) is 0 Å². The zero-order valence-electron chi connectivity index (χ0n) is 18.1. The molecule has 0 spiro atoms. The third kappa shape index (κ3) is 9.10. The lowest BCUT2D eigenvalue weighted by Gasteiger charge is -2.24. The first-order chi connectivity index (χ1) is 14.1. The van der Waals surface area contributed by atoms with Gasteiger partial charge in [-0.2, -0.15) is 0 Å². The summed E-state index contributed by atoms with van der Waals surface area (Å²) in [6.07, 6.45) is 3.15. The molecule has 1 aliphatic heterocycles. The van der Waals surface area contributed by atoms with Crippen LogP contribution in [0.15, 0.2) is 29.3 Å². The first kappa shape index (κ1) is 23.6. The van der Waals surface area contributed by atoms with Crippen LogP contribution in [0.25, 0.3) is 0 Å². The Bertz CT molecular complexity index is 589. The molecule has 1 saturated heterocycles. The lowest BCUT2D eigenvalue weighted by Crippen LogP contribution is -2.38. The molecule has 2 rings (SSSR count). The van der Waals surface area contributed by atoms with Crippen molar-refractivity contribution >= 4 is 5.96 Å². The van der Waals surface area contributed by atoms with Crippen LogP contribution in [0.3, 0.4) is 0 Å². The Morgan fingerprint density at radius 2 is 1.97 bits per heavy atom. The molecule has 0 amide bonds. The van der Waals surface area contributed by atoms with Crippen molar-refractivity contribution in [2.45, 2.75) is 32.2 Å². The molecular weight excluding hydrogens is 371 g/mol. The van der Waals surface area contributed by atoms with Gasteiger partial charge in [0, 0.05) is 39.5 Å². The highest BCUT2D eigenvalue weighted by Gasteiger charge is 2.15. The topological polar surface area (TPSA) is 58.1 Å². The molecule has 0 aliphatic carbocycles. The average molecular weight is 409 g/mol. The van der Waals surface area contributed by atoms with Gasteiger partial charge in [0.15, 0.2) is 5.96 Å². The fourth-order valence-electron chi connectivity index (χ4n) is 3.32. The van der Waals surface area contributed by atoms with Crippen LogP contribution >= 0.6 is 0 Å². The number of hydrogen-bond acceptors (Lipinski definition) is 4. The van der Waals surface area contributed by atoms with Gasteiger partial charge in [-0.25, -0.2) is 4.39 Å². The molecule has 1 atom stereocenters. The van der Waals surface area contributed by atoms with Gasteiger partial charge in [-0.15, -0.1) is 0 Å². The van der Waals surface area contributed by atoms with Gasteiger partial charge in [0.2, 0.25) is 0 Å². The normalized spacial score (nSPS) is 16.8. The molecule has 1 fully saturated rings. The molecule has 0 saturated carbocycles. The second kappa shape index (κ2) is 13.5. The van der Waals surface area contributed by atoms with Crippen LogP contribution in [-0.4, -0.2) is 71.0 Å².